The van der Waals surface area contributed by atoms with Gasteiger partial charge in [0.1, 0.15) is 0 Å². The molecule has 0 unspecified atom stereocenters. The molecule has 0 aliphatic rings. The number of rotatable bonds is 4. The van der Waals surface area contributed by atoms with Crippen molar-refractivity contribution in [1.82, 2.24) is 5.01 Å². The molecule has 0 saturated heterocycles. The first-order chi connectivity index (χ1) is 5.87. The van der Waals surface area contributed by atoms with Crippen molar-refractivity contribution in [2.24, 2.45) is 5.84 Å². The van der Waals surface area contributed by atoms with Gasteiger partial charge in [0.05, 0.1) is 6.61 Å². The minimum Gasteiger partial charge on any atom is -0.449 e. The van der Waals surface area contributed by atoms with Crippen LogP contribution in [-0.2, 0) is 4.74 Å². The van der Waals surface area contributed by atoms with Crippen LogP contribution < -0.4 is 5.84 Å². The van der Waals surface area contributed by atoms with Gasteiger partial charge in [-0.15, -0.1) is 0 Å². The van der Waals surface area contributed by atoms with Crippen LogP contribution in [0.4, 0.5) is 4.79 Å². The lowest BCUT2D eigenvalue weighted by Crippen LogP contribution is -2.33. The zero-order valence-electron chi connectivity index (χ0n) is 8.54. The Kier molecular flexibility index (Phi) is 4.72. The van der Waals surface area contributed by atoms with E-state index in [0.717, 1.165) is 11.1 Å². The molecule has 0 aromatic heterocycles. The first kappa shape index (κ1) is 12.2. The maximum Gasteiger partial charge on any atom is 0.428 e. The Hall–Kier alpha value is -0.813. The molecule has 13 heavy (non-hydrogen) atoms. The molecule has 0 bridgehead atoms. The molecule has 0 aliphatic heterocycles. The van der Waals surface area contributed by atoms with Gasteiger partial charge in [-0.05, 0) is 6.04 Å². The molecule has 5 heteroatoms. The number of ether oxygens (including phenoxy) is 1. The number of hydrogen-bond acceptors (Lipinski definition) is 3. The van der Waals surface area contributed by atoms with Gasteiger partial charge < -0.3 is 4.74 Å². The molecule has 0 saturated carbocycles. The Morgan fingerprint density at radius 1 is 1.62 bits per heavy atom. The normalized spacial score (nSPS) is 10.8. The van der Waals surface area contributed by atoms with Crippen molar-refractivity contribution in [1.29, 1.82) is 0 Å². The lowest BCUT2D eigenvalue weighted by atomic mass is 10.8. The lowest BCUT2D eigenvalue weighted by Gasteiger charge is -2.16. The highest BCUT2D eigenvalue weighted by atomic mass is 28.3. The first-order valence-electron chi connectivity index (χ1n) is 4.20. The van der Waals surface area contributed by atoms with Crippen LogP contribution >= 0.6 is 0 Å². The average molecular weight is 202 g/mol. The van der Waals surface area contributed by atoms with Gasteiger partial charge in [-0.3, -0.25) is 0 Å². The van der Waals surface area contributed by atoms with E-state index < -0.39 is 14.2 Å². The summed E-state index contributed by atoms with van der Waals surface area (Å²) in [5.74, 6) is 5.22. The van der Waals surface area contributed by atoms with E-state index >= 15 is 0 Å². The SMILES string of the molecule is C=CN(N)C(=O)OCC[Si](C)(C)C. The maximum absolute atomic E-state index is 11.0. The fourth-order valence-corrected chi connectivity index (χ4v) is 1.31. The van der Waals surface area contributed by atoms with Gasteiger partial charge in [0, 0.05) is 14.3 Å². The largest absolute Gasteiger partial charge is 0.449 e. The number of amides is 1. The Bertz CT molecular complexity index is 189. The Labute approximate surface area is 80.3 Å². The molecule has 0 aliphatic carbocycles. The molecule has 0 spiro atoms. The molecule has 2 N–H and O–H groups in total. The molecule has 0 radical (unpaired) electrons. The minimum atomic E-state index is -1.13. The topological polar surface area (TPSA) is 55.6 Å². The summed E-state index contributed by atoms with van der Waals surface area (Å²) in [6.45, 7) is 10.4. The molecule has 0 rings (SSSR count). The monoisotopic (exact) mass is 202 g/mol. The third kappa shape index (κ3) is 6.36. The molecular formula is C8H18N2O2Si. The Balaban J connectivity index is 3.66. The molecular weight excluding hydrogens is 184 g/mol. The summed E-state index contributed by atoms with van der Waals surface area (Å²) in [5, 5.41) is 0.838. The Morgan fingerprint density at radius 2 is 2.15 bits per heavy atom. The summed E-state index contributed by atoms with van der Waals surface area (Å²) in [6, 6.07) is 0.948. The summed E-state index contributed by atoms with van der Waals surface area (Å²) in [5.41, 5.74) is 0. The number of carbonyl (C=O) groups excluding carboxylic acids is 1. The number of nitrogens with two attached hydrogens (primary N) is 1. The zero-order valence-corrected chi connectivity index (χ0v) is 9.54. The van der Waals surface area contributed by atoms with Crippen LogP contribution in [0.15, 0.2) is 12.8 Å². The predicted octanol–water partition coefficient (Wildman–Crippen LogP) is 1.78. The van der Waals surface area contributed by atoms with E-state index in [4.69, 9.17) is 10.6 Å². The van der Waals surface area contributed by atoms with Gasteiger partial charge >= 0.3 is 6.09 Å². The summed E-state index contributed by atoms with van der Waals surface area (Å²) >= 11 is 0. The average Bonchev–Trinajstić information content (AvgIpc) is 2.00. The second-order valence-corrected chi connectivity index (χ2v) is 9.64. The van der Waals surface area contributed by atoms with E-state index in [-0.39, 0.29) is 0 Å². The van der Waals surface area contributed by atoms with Crippen molar-refractivity contribution in [2.75, 3.05) is 6.61 Å². The highest BCUT2D eigenvalue weighted by Gasteiger charge is 2.14. The van der Waals surface area contributed by atoms with Crippen molar-refractivity contribution in [3.05, 3.63) is 12.8 Å². The van der Waals surface area contributed by atoms with Crippen LogP contribution in [0.2, 0.25) is 25.7 Å². The van der Waals surface area contributed by atoms with E-state index in [2.05, 4.69) is 26.2 Å². The van der Waals surface area contributed by atoms with E-state index in [1.807, 2.05) is 0 Å². The van der Waals surface area contributed by atoms with Crippen LogP contribution in [0.25, 0.3) is 0 Å². The van der Waals surface area contributed by atoms with Gasteiger partial charge in [0.15, 0.2) is 0 Å². The maximum atomic E-state index is 11.0. The number of hydrazine groups is 1. The van der Waals surface area contributed by atoms with Gasteiger partial charge in [0.25, 0.3) is 0 Å². The summed E-state index contributed by atoms with van der Waals surface area (Å²) in [4.78, 5) is 11.0. The summed E-state index contributed by atoms with van der Waals surface area (Å²) in [7, 11) is -1.13. The molecule has 0 atom stereocenters. The molecule has 0 aromatic rings. The minimum absolute atomic E-state index is 0.441. The van der Waals surface area contributed by atoms with Crippen molar-refractivity contribution < 1.29 is 9.53 Å². The zero-order chi connectivity index (χ0) is 10.5. The molecule has 0 aromatic carbocycles. The van der Waals surface area contributed by atoms with Crippen molar-refractivity contribution in [3.63, 3.8) is 0 Å². The van der Waals surface area contributed by atoms with Crippen LogP contribution in [0.3, 0.4) is 0 Å². The van der Waals surface area contributed by atoms with Crippen molar-refractivity contribution >= 4 is 14.2 Å². The van der Waals surface area contributed by atoms with E-state index in [9.17, 15) is 4.79 Å². The lowest BCUT2D eigenvalue weighted by molar-refractivity contribution is 0.122. The highest BCUT2D eigenvalue weighted by molar-refractivity contribution is 6.76. The molecule has 0 heterocycles. The van der Waals surface area contributed by atoms with E-state index in [0.29, 0.717) is 6.61 Å². The standard InChI is InChI=1S/C8H18N2O2Si/c1-5-10(9)8(11)12-6-7-13(2,3)4/h5H,1,6-7,9H2,2-4H3. The quantitative estimate of drug-likeness (QED) is 0.327. The van der Waals surface area contributed by atoms with Gasteiger partial charge in [-0.25, -0.2) is 15.6 Å². The number of carbonyl (C=O) groups is 1. The molecule has 1 amide bonds. The summed E-state index contributed by atoms with van der Waals surface area (Å²) < 4.78 is 4.90. The molecule has 0 fully saturated rings. The van der Waals surface area contributed by atoms with Gasteiger partial charge in [-0.1, -0.05) is 26.2 Å². The third-order valence-corrected chi connectivity index (χ3v) is 3.19. The molecule has 76 valence electrons. The van der Waals surface area contributed by atoms with E-state index in [1.54, 1.807) is 0 Å². The number of hydrogen-bond donors (Lipinski definition) is 1. The highest BCUT2D eigenvalue weighted by Crippen LogP contribution is 2.07. The van der Waals surface area contributed by atoms with Crippen molar-refractivity contribution in [2.45, 2.75) is 25.7 Å². The fraction of sp³-hybridized carbons (Fsp3) is 0.625. The summed E-state index contributed by atoms with van der Waals surface area (Å²) in [6.07, 6.45) is 0.671. The van der Waals surface area contributed by atoms with E-state index in [1.165, 1.54) is 6.20 Å². The van der Waals surface area contributed by atoms with Crippen LogP contribution in [-0.4, -0.2) is 25.8 Å². The fourth-order valence-electron chi connectivity index (χ4n) is 0.594. The van der Waals surface area contributed by atoms with Gasteiger partial charge in [-0.2, -0.15) is 0 Å². The second-order valence-electron chi connectivity index (χ2n) is 4.01. The smallest absolute Gasteiger partial charge is 0.428 e. The van der Waals surface area contributed by atoms with Crippen LogP contribution in [0.5, 0.6) is 0 Å². The van der Waals surface area contributed by atoms with Crippen molar-refractivity contribution in [3.8, 4) is 0 Å². The Morgan fingerprint density at radius 3 is 2.54 bits per heavy atom. The van der Waals surface area contributed by atoms with Gasteiger partial charge in [0.2, 0.25) is 0 Å². The first-order valence-corrected chi connectivity index (χ1v) is 7.91. The van der Waals surface area contributed by atoms with Crippen LogP contribution in [0.1, 0.15) is 0 Å². The number of nitrogens with zero attached hydrogens (tertiary/aromatic N) is 1. The molecule has 4 nitrogen and oxygen atoms in total. The second kappa shape index (κ2) is 5.03. The predicted molar refractivity (Wildman–Crippen MR) is 55.7 cm³/mol. The van der Waals surface area contributed by atoms with Crippen LogP contribution in [0, 0.1) is 0 Å². The third-order valence-electron chi connectivity index (χ3n) is 1.49.